The summed E-state index contributed by atoms with van der Waals surface area (Å²) >= 11 is 0. The highest BCUT2D eigenvalue weighted by Crippen LogP contribution is 2.28. The van der Waals surface area contributed by atoms with Gasteiger partial charge in [-0.1, -0.05) is 48.0 Å². The number of aryl methyl sites for hydroxylation is 1. The zero-order valence-electron chi connectivity index (χ0n) is 19.4. The first-order chi connectivity index (χ1) is 16.5. The molecule has 0 unspecified atom stereocenters. The number of rotatable bonds is 11. The van der Waals surface area contributed by atoms with Gasteiger partial charge in [0.25, 0.3) is 0 Å². The van der Waals surface area contributed by atoms with Gasteiger partial charge >= 0.3 is 0 Å². The van der Waals surface area contributed by atoms with Crippen LogP contribution >= 0.6 is 0 Å². The molecule has 34 heavy (non-hydrogen) atoms. The smallest absolute Gasteiger partial charge is 0.240 e. The van der Waals surface area contributed by atoms with Crippen LogP contribution in [-0.4, -0.2) is 24.6 Å². The van der Waals surface area contributed by atoms with Gasteiger partial charge in [0, 0.05) is 18.5 Å². The van der Waals surface area contributed by atoms with Crippen molar-refractivity contribution in [3.05, 3.63) is 89.5 Å². The molecule has 7 nitrogen and oxygen atoms in total. The Kier molecular flexibility index (Phi) is 9.22. The molecule has 0 heterocycles. The van der Waals surface area contributed by atoms with Crippen LogP contribution in [0.25, 0.3) is 0 Å². The van der Waals surface area contributed by atoms with Crippen LogP contribution in [-0.2, 0) is 16.2 Å². The lowest BCUT2D eigenvalue weighted by molar-refractivity contribution is -0.124. The molecule has 176 valence electrons. The molecule has 0 bridgehead atoms. The summed E-state index contributed by atoms with van der Waals surface area (Å²) in [6.45, 7) is 4.80. The molecule has 3 aromatic carbocycles. The molecule has 0 aliphatic heterocycles. The Balaban J connectivity index is 1.47. The van der Waals surface area contributed by atoms with E-state index in [-0.39, 0.29) is 24.7 Å². The predicted octanol–water partition coefficient (Wildman–Crippen LogP) is 4.84. The van der Waals surface area contributed by atoms with Crippen molar-refractivity contribution in [2.45, 2.75) is 33.3 Å². The number of benzene rings is 3. The lowest BCUT2D eigenvalue weighted by Gasteiger charge is -2.12. The van der Waals surface area contributed by atoms with E-state index in [4.69, 9.17) is 9.47 Å². The van der Waals surface area contributed by atoms with Crippen molar-refractivity contribution in [3.8, 4) is 11.5 Å². The number of hydrazone groups is 1. The normalized spacial score (nSPS) is 10.6. The molecule has 0 fully saturated rings. The van der Waals surface area contributed by atoms with Crippen molar-refractivity contribution in [2.24, 2.45) is 5.10 Å². The average Bonchev–Trinajstić information content (AvgIpc) is 2.84. The highest BCUT2D eigenvalue weighted by atomic mass is 16.5. The van der Waals surface area contributed by atoms with Gasteiger partial charge in [0.15, 0.2) is 11.5 Å². The first-order valence-corrected chi connectivity index (χ1v) is 11.2. The quantitative estimate of drug-likeness (QED) is 0.317. The number of ether oxygens (including phenoxy) is 2. The van der Waals surface area contributed by atoms with E-state index in [1.807, 2.05) is 80.6 Å². The molecule has 0 atom stereocenters. The molecule has 7 heteroatoms. The number of anilines is 1. The second kappa shape index (κ2) is 12.8. The number of carbonyl (C=O) groups is 2. The maximum Gasteiger partial charge on any atom is 0.240 e. The first kappa shape index (κ1) is 24.5. The van der Waals surface area contributed by atoms with E-state index in [1.165, 1.54) is 6.21 Å². The molecule has 2 amide bonds. The maximum absolute atomic E-state index is 12.0. The molecule has 0 saturated heterocycles. The lowest BCUT2D eigenvalue weighted by atomic mass is 10.2. The zero-order valence-corrected chi connectivity index (χ0v) is 19.4. The summed E-state index contributed by atoms with van der Waals surface area (Å²) in [6, 6.07) is 22.8. The number of carbonyl (C=O) groups excluding carboxylic acids is 2. The summed E-state index contributed by atoms with van der Waals surface area (Å²) in [5.41, 5.74) is 6.07. The minimum Gasteiger partial charge on any atom is -0.490 e. The van der Waals surface area contributed by atoms with E-state index in [1.54, 1.807) is 6.07 Å². The van der Waals surface area contributed by atoms with Gasteiger partial charge in [0.1, 0.15) is 6.61 Å². The third kappa shape index (κ3) is 8.09. The number of nitrogens with one attached hydrogen (secondary N) is 2. The average molecular weight is 460 g/mol. The Hall–Kier alpha value is -4.13. The van der Waals surface area contributed by atoms with E-state index >= 15 is 0 Å². The highest BCUT2D eigenvalue weighted by molar-refractivity contribution is 5.93. The summed E-state index contributed by atoms with van der Waals surface area (Å²) in [4.78, 5) is 24.0. The summed E-state index contributed by atoms with van der Waals surface area (Å²) < 4.78 is 11.6. The largest absolute Gasteiger partial charge is 0.490 e. The second-order valence-electron chi connectivity index (χ2n) is 7.62. The highest BCUT2D eigenvalue weighted by Gasteiger charge is 2.08. The third-order valence-electron chi connectivity index (χ3n) is 4.82. The molecule has 2 N–H and O–H groups in total. The van der Waals surface area contributed by atoms with Crippen LogP contribution in [0.2, 0.25) is 0 Å². The molecule has 0 aliphatic rings. The van der Waals surface area contributed by atoms with Gasteiger partial charge < -0.3 is 14.8 Å². The molecule has 3 aromatic rings. The van der Waals surface area contributed by atoms with Crippen LogP contribution in [0.1, 0.15) is 36.5 Å². The fourth-order valence-corrected chi connectivity index (χ4v) is 3.05. The molecule has 0 spiro atoms. The summed E-state index contributed by atoms with van der Waals surface area (Å²) in [6.07, 6.45) is 1.62. The van der Waals surface area contributed by atoms with Crippen molar-refractivity contribution in [2.75, 3.05) is 11.9 Å². The Morgan fingerprint density at radius 1 is 0.882 bits per heavy atom. The standard InChI is InChI=1S/C27H29N3O4/c1-3-33-25-17-22(11-14-24(25)34-19-21-7-5-4-6-8-21)18-28-30-27(32)16-15-26(31)29-23-12-9-20(2)10-13-23/h4-14,17-18H,3,15-16,19H2,1-2H3,(H,29,31)(H,30,32). The second-order valence-corrected chi connectivity index (χ2v) is 7.62. The van der Waals surface area contributed by atoms with Crippen molar-refractivity contribution in [1.82, 2.24) is 5.43 Å². The Bertz CT molecular complexity index is 1110. The van der Waals surface area contributed by atoms with Crippen LogP contribution in [0.4, 0.5) is 5.69 Å². The monoisotopic (exact) mass is 459 g/mol. The van der Waals surface area contributed by atoms with Gasteiger partial charge in [-0.3, -0.25) is 9.59 Å². The molecular weight excluding hydrogens is 430 g/mol. The molecule has 0 aliphatic carbocycles. The van der Waals surface area contributed by atoms with Crippen molar-refractivity contribution < 1.29 is 19.1 Å². The van der Waals surface area contributed by atoms with Crippen LogP contribution in [0, 0.1) is 6.92 Å². The van der Waals surface area contributed by atoms with Crippen LogP contribution < -0.4 is 20.2 Å². The van der Waals surface area contributed by atoms with Gasteiger partial charge in [-0.05, 0) is 55.3 Å². The van der Waals surface area contributed by atoms with Crippen molar-refractivity contribution >= 4 is 23.7 Å². The number of hydrogen-bond acceptors (Lipinski definition) is 5. The van der Waals surface area contributed by atoms with Crippen molar-refractivity contribution in [3.63, 3.8) is 0 Å². The summed E-state index contributed by atoms with van der Waals surface area (Å²) in [5, 5.41) is 6.75. The van der Waals surface area contributed by atoms with Crippen LogP contribution in [0.3, 0.4) is 0 Å². The first-order valence-electron chi connectivity index (χ1n) is 11.2. The summed E-state index contributed by atoms with van der Waals surface area (Å²) in [7, 11) is 0. The Labute approximate surface area is 199 Å². The fourth-order valence-electron chi connectivity index (χ4n) is 3.05. The van der Waals surface area contributed by atoms with E-state index in [9.17, 15) is 9.59 Å². The fraction of sp³-hybridized carbons (Fsp3) is 0.222. The van der Waals surface area contributed by atoms with Crippen LogP contribution in [0.15, 0.2) is 77.9 Å². The minimum atomic E-state index is -0.344. The Morgan fingerprint density at radius 3 is 2.35 bits per heavy atom. The Morgan fingerprint density at radius 2 is 1.62 bits per heavy atom. The molecule has 0 aromatic heterocycles. The lowest BCUT2D eigenvalue weighted by Crippen LogP contribution is -2.20. The maximum atomic E-state index is 12.0. The third-order valence-corrected chi connectivity index (χ3v) is 4.82. The van der Waals surface area contributed by atoms with Gasteiger partial charge in [0.05, 0.1) is 12.8 Å². The van der Waals surface area contributed by atoms with Gasteiger partial charge in [-0.15, -0.1) is 0 Å². The summed E-state index contributed by atoms with van der Waals surface area (Å²) in [5.74, 6) is 0.659. The SMILES string of the molecule is CCOc1cc(C=NNC(=O)CCC(=O)Nc2ccc(C)cc2)ccc1OCc1ccccc1. The predicted molar refractivity (Wildman–Crippen MR) is 133 cm³/mol. The van der Waals surface area contributed by atoms with E-state index in [2.05, 4.69) is 15.8 Å². The van der Waals surface area contributed by atoms with E-state index in [0.717, 1.165) is 16.7 Å². The zero-order chi connectivity index (χ0) is 24.2. The van der Waals surface area contributed by atoms with Crippen LogP contribution in [0.5, 0.6) is 11.5 Å². The number of hydrogen-bond donors (Lipinski definition) is 2. The van der Waals surface area contributed by atoms with Crippen molar-refractivity contribution in [1.29, 1.82) is 0 Å². The van der Waals surface area contributed by atoms with Gasteiger partial charge in [-0.2, -0.15) is 5.10 Å². The molecule has 0 radical (unpaired) electrons. The van der Waals surface area contributed by atoms with E-state index in [0.29, 0.717) is 30.4 Å². The molecule has 3 rings (SSSR count). The number of nitrogens with zero attached hydrogens (tertiary/aromatic N) is 1. The topological polar surface area (TPSA) is 89.0 Å². The van der Waals surface area contributed by atoms with Gasteiger partial charge in [-0.25, -0.2) is 5.43 Å². The molecule has 0 saturated carbocycles. The minimum absolute atomic E-state index is 0.0332. The number of amides is 2. The van der Waals surface area contributed by atoms with Gasteiger partial charge in [0.2, 0.25) is 11.8 Å². The van der Waals surface area contributed by atoms with E-state index < -0.39 is 0 Å². The molecular formula is C27H29N3O4.